The van der Waals surface area contributed by atoms with Crippen molar-refractivity contribution in [3.8, 4) is 5.69 Å². The average molecular weight is 356 g/mol. The van der Waals surface area contributed by atoms with Crippen molar-refractivity contribution in [2.45, 2.75) is 32.9 Å². The molecule has 1 atom stereocenters. The van der Waals surface area contributed by atoms with Crippen LogP contribution < -0.4 is 5.46 Å². The van der Waals surface area contributed by atoms with E-state index in [-0.39, 0.29) is 11.4 Å². The zero-order valence-electron chi connectivity index (χ0n) is 15.2. The maximum absolute atomic E-state index is 13.3. The molecule has 0 saturated carbocycles. The molecule has 0 fully saturated rings. The van der Waals surface area contributed by atoms with Gasteiger partial charge in [-0.3, -0.25) is 0 Å². The van der Waals surface area contributed by atoms with Crippen LogP contribution in [-0.2, 0) is 6.18 Å². The van der Waals surface area contributed by atoms with Crippen molar-refractivity contribution in [2.75, 3.05) is 0 Å². The highest BCUT2D eigenvalue weighted by Gasteiger charge is 2.37. The van der Waals surface area contributed by atoms with E-state index in [1.165, 1.54) is 30.8 Å². The monoisotopic (exact) mass is 356 g/mol. The summed E-state index contributed by atoms with van der Waals surface area (Å²) in [5.74, 6) is 0.0965. The maximum Gasteiger partial charge on any atom is 0.432 e. The fraction of sp³-hybridized carbons (Fsp3) is 0.250. The number of allylic oxidation sites excluding steroid dienone is 6. The quantitative estimate of drug-likeness (QED) is 0.742. The second-order valence-electron chi connectivity index (χ2n) is 6.79. The number of nitrogens with zero attached hydrogens (tertiary/aromatic N) is 2. The average Bonchev–Trinajstić information content (AvgIpc) is 2.90. The molecule has 0 aliphatic heterocycles. The molecule has 1 aliphatic carbocycles. The van der Waals surface area contributed by atoms with Crippen molar-refractivity contribution in [1.29, 1.82) is 0 Å². The van der Waals surface area contributed by atoms with Crippen LogP contribution in [0.25, 0.3) is 5.69 Å². The van der Waals surface area contributed by atoms with Crippen LogP contribution in [0.1, 0.15) is 37.9 Å². The van der Waals surface area contributed by atoms with Crippen LogP contribution >= 0.6 is 0 Å². The van der Waals surface area contributed by atoms with Crippen LogP contribution in [0.15, 0.2) is 65.4 Å². The third-order valence-electron chi connectivity index (χ3n) is 4.68. The van der Waals surface area contributed by atoms with E-state index in [1.807, 2.05) is 12.1 Å². The summed E-state index contributed by atoms with van der Waals surface area (Å²) in [5.41, 5.74) is 4.42. The molecule has 134 valence electrons. The second kappa shape index (κ2) is 6.67. The molecule has 3 rings (SSSR count). The molecule has 6 heteroatoms. The van der Waals surface area contributed by atoms with Gasteiger partial charge in [0, 0.05) is 12.1 Å². The van der Waals surface area contributed by atoms with Gasteiger partial charge < -0.3 is 0 Å². The summed E-state index contributed by atoms with van der Waals surface area (Å²) >= 11 is 0. The molecule has 1 aromatic carbocycles. The molecule has 1 unspecified atom stereocenters. The van der Waals surface area contributed by atoms with Crippen LogP contribution in [0.4, 0.5) is 13.2 Å². The highest BCUT2D eigenvalue weighted by atomic mass is 19.4. The Morgan fingerprint density at radius 2 is 1.65 bits per heavy atom. The lowest BCUT2D eigenvalue weighted by atomic mass is 9.95. The number of aromatic nitrogens is 2. The first kappa shape index (κ1) is 18.3. The van der Waals surface area contributed by atoms with Crippen molar-refractivity contribution >= 4 is 13.3 Å². The normalized spacial score (nSPS) is 18.1. The third kappa shape index (κ3) is 3.54. The highest BCUT2D eigenvalue weighted by Crippen LogP contribution is 2.31. The fourth-order valence-corrected chi connectivity index (χ4v) is 3.24. The van der Waals surface area contributed by atoms with E-state index in [1.54, 1.807) is 12.1 Å². The zero-order valence-corrected chi connectivity index (χ0v) is 15.2. The summed E-state index contributed by atoms with van der Waals surface area (Å²) in [6.45, 7) is 6.20. The number of benzene rings is 1. The van der Waals surface area contributed by atoms with Crippen molar-refractivity contribution in [1.82, 2.24) is 9.78 Å². The Morgan fingerprint density at radius 3 is 2.27 bits per heavy atom. The van der Waals surface area contributed by atoms with E-state index in [4.69, 9.17) is 0 Å². The molecule has 0 spiro atoms. The lowest BCUT2D eigenvalue weighted by molar-refractivity contribution is -0.141. The maximum atomic E-state index is 13.3. The van der Waals surface area contributed by atoms with Gasteiger partial charge in [0.2, 0.25) is 0 Å². The van der Waals surface area contributed by atoms with Crippen molar-refractivity contribution in [2.24, 2.45) is 0 Å². The molecule has 0 amide bonds. The van der Waals surface area contributed by atoms with Gasteiger partial charge >= 0.3 is 6.18 Å². The van der Waals surface area contributed by atoms with E-state index in [2.05, 4.69) is 44.1 Å². The summed E-state index contributed by atoms with van der Waals surface area (Å²) in [7, 11) is 1.42. The van der Waals surface area contributed by atoms with Gasteiger partial charge in [-0.1, -0.05) is 41.5 Å². The van der Waals surface area contributed by atoms with Gasteiger partial charge in [0.1, 0.15) is 13.5 Å². The van der Waals surface area contributed by atoms with E-state index >= 15 is 0 Å². The Hall–Kier alpha value is -2.50. The molecule has 1 aliphatic rings. The summed E-state index contributed by atoms with van der Waals surface area (Å²) in [6.07, 6.45) is 3.28. The fourth-order valence-electron chi connectivity index (χ4n) is 3.24. The number of hydrogen-bond acceptors (Lipinski definition) is 1. The predicted molar refractivity (Wildman–Crippen MR) is 101 cm³/mol. The SMILES string of the molecule is Bc1cnn(-c2ccc(C3C=C(C)C=C(C)C(C)=C3)cc2)c1C(F)(F)F. The predicted octanol–water partition coefficient (Wildman–Crippen LogP) is 4.09. The molecule has 2 nitrogen and oxygen atoms in total. The van der Waals surface area contributed by atoms with Crippen LogP contribution in [0.3, 0.4) is 0 Å². The van der Waals surface area contributed by atoms with E-state index in [0.29, 0.717) is 5.69 Å². The summed E-state index contributed by atoms with van der Waals surface area (Å²) in [5, 5.41) is 3.91. The molecule has 0 saturated heterocycles. The molecule has 26 heavy (non-hydrogen) atoms. The van der Waals surface area contributed by atoms with Gasteiger partial charge in [0.25, 0.3) is 0 Å². The third-order valence-corrected chi connectivity index (χ3v) is 4.68. The van der Waals surface area contributed by atoms with Crippen molar-refractivity contribution in [3.63, 3.8) is 0 Å². The number of alkyl halides is 3. The van der Waals surface area contributed by atoms with Crippen LogP contribution in [0.5, 0.6) is 0 Å². The van der Waals surface area contributed by atoms with Gasteiger partial charge in [-0.2, -0.15) is 18.3 Å². The van der Waals surface area contributed by atoms with Crippen molar-refractivity contribution < 1.29 is 13.2 Å². The highest BCUT2D eigenvalue weighted by molar-refractivity contribution is 6.33. The topological polar surface area (TPSA) is 17.8 Å². The molecular weight excluding hydrogens is 336 g/mol. The minimum Gasteiger partial charge on any atom is -0.229 e. The largest absolute Gasteiger partial charge is 0.432 e. The van der Waals surface area contributed by atoms with Crippen LogP contribution in [0.2, 0.25) is 0 Å². The summed E-state index contributed by atoms with van der Waals surface area (Å²) in [4.78, 5) is 0. The molecule has 1 heterocycles. The van der Waals surface area contributed by atoms with Gasteiger partial charge in [0.05, 0.1) is 5.69 Å². The Kier molecular flexibility index (Phi) is 4.69. The van der Waals surface area contributed by atoms with Gasteiger partial charge in [0.15, 0.2) is 0 Å². The number of rotatable bonds is 2. The van der Waals surface area contributed by atoms with Crippen LogP contribution in [0, 0.1) is 0 Å². The van der Waals surface area contributed by atoms with E-state index < -0.39 is 11.9 Å². The lowest BCUT2D eigenvalue weighted by Gasteiger charge is -2.14. The Balaban J connectivity index is 1.97. The molecule has 1 aromatic heterocycles. The van der Waals surface area contributed by atoms with Gasteiger partial charge in [-0.05, 0) is 49.5 Å². The number of halogens is 3. The lowest BCUT2D eigenvalue weighted by Crippen LogP contribution is -2.22. The molecule has 0 radical (unpaired) electrons. The summed E-state index contributed by atoms with van der Waals surface area (Å²) < 4.78 is 40.8. The molecule has 0 bridgehead atoms. The molecule has 0 N–H and O–H groups in total. The first-order chi connectivity index (χ1) is 12.2. The Labute approximate surface area is 152 Å². The second-order valence-corrected chi connectivity index (χ2v) is 6.79. The zero-order chi connectivity index (χ0) is 19.1. The number of hydrogen-bond donors (Lipinski definition) is 0. The minimum atomic E-state index is -4.44. The minimum absolute atomic E-state index is 0.0965. The van der Waals surface area contributed by atoms with Crippen molar-refractivity contribution in [3.05, 3.63) is 76.7 Å². The Morgan fingerprint density at radius 1 is 1.00 bits per heavy atom. The first-order valence-corrected chi connectivity index (χ1v) is 8.44. The van der Waals surface area contributed by atoms with E-state index in [0.717, 1.165) is 10.2 Å². The van der Waals surface area contributed by atoms with Gasteiger partial charge in [-0.25, -0.2) is 4.68 Å². The molecule has 2 aromatic rings. The van der Waals surface area contributed by atoms with Crippen LogP contribution in [-0.4, -0.2) is 17.6 Å². The van der Waals surface area contributed by atoms with E-state index in [9.17, 15) is 13.2 Å². The molecular formula is C20H20BF3N2. The van der Waals surface area contributed by atoms with Gasteiger partial charge in [-0.15, -0.1) is 0 Å². The summed E-state index contributed by atoms with van der Waals surface area (Å²) in [6, 6.07) is 7.11. The Bertz CT molecular complexity index is 916. The standard InChI is InChI=1S/C20H20BF3N2/c1-12-8-13(2)14(3)10-16(9-12)15-4-6-17(7-5-15)26-19(20(22,23)24)18(21)11-25-26/h4-11,16H,21H2,1-3H3. The smallest absolute Gasteiger partial charge is 0.229 e. The first-order valence-electron chi connectivity index (χ1n) is 8.44.